The van der Waals surface area contributed by atoms with Gasteiger partial charge in [-0.2, -0.15) is 0 Å². The van der Waals surface area contributed by atoms with Gasteiger partial charge in [-0.3, -0.25) is 4.57 Å². The van der Waals surface area contributed by atoms with Crippen molar-refractivity contribution in [2.24, 2.45) is 0 Å². The summed E-state index contributed by atoms with van der Waals surface area (Å²) in [5.41, 5.74) is 1.98. The molecule has 0 saturated heterocycles. The molecule has 84 valence electrons. The summed E-state index contributed by atoms with van der Waals surface area (Å²) in [6.07, 6.45) is 0.749. The van der Waals surface area contributed by atoms with Gasteiger partial charge in [-0.05, 0) is 36.6 Å². The molecule has 1 aromatic carbocycles. The second-order valence-corrected chi connectivity index (χ2v) is 6.16. The molecule has 1 unspecified atom stereocenters. The zero-order valence-electron chi connectivity index (χ0n) is 9.35. The second kappa shape index (κ2) is 4.40. The third-order valence-corrected chi connectivity index (χ3v) is 5.04. The van der Waals surface area contributed by atoms with Crippen molar-refractivity contribution in [2.75, 3.05) is 6.61 Å². The first-order valence-corrected chi connectivity index (χ1v) is 6.99. The van der Waals surface area contributed by atoms with Crippen LogP contribution < -0.4 is 5.30 Å². The first-order valence-electron chi connectivity index (χ1n) is 5.29. The highest BCUT2D eigenvalue weighted by Crippen LogP contribution is 2.50. The van der Waals surface area contributed by atoms with Gasteiger partial charge in [0.15, 0.2) is 0 Å². The predicted molar refractivity (Wildman–Crippen MR) is 67.1 cm³/mol. The largest absolute Gasteiger partial charge is 0.322 e. The van der Waals surface area contributed by atoms with E-state index in [9.17, 15) is 4.57 Å². The summed E-state index contributed by atoms with van der Waals surface area (Å²) in [7, 11) is -2.83. The second-order valence-electron chi connectivity index (χ2n) is 3.93. The minimum Gasteiger partial charge on any atom is -0.322 e. The van der Waals surface area contributed by atoms with Crippen molar-refractivity contribution in [2.45, 2.75) is 13.3 Å². The van der Waals surface area contributed by atoms with Crippen molar-refractivity contribution < 1.29 is 9.09 Å². The molecule has 0 amide bonds. The maximum absolute atomic E-state index is 12.7. The van der Waals surface area contributed by atoms with Crippen LogP contribution in [0.15, 0.2) is 53.9 Å². The number of benzene rings is 1. The molecular weight excluding hydrogens is 219 g/mol. The van der Waals surface area contributed by atoms with Gasteiger partial charge < -0.3 is 4.52 Å². The fraction of sp³-hybridized carbons (Fsp3) is 0.231. The van der Waals surface area contributed by atoms with Gasteiger partial charge in [0.05, 0.1) is 6.61 Å². The molecule has 1 heterocycles. The van der Waals surface area contributed by atoms with E-state index in [4.69, 9.17) is 4.52 Å². The smallest absolute Gasteiger partial charge is 0.254 e. The average molecular weight is 234 g/mol. The summed E-state index contributed by atoms with van der Waals surface area (Å²) in [5.74, 6) is 1.73. The lowest BCUT2D eigenvalue weighted by Gasteiger charge is -2.13. The lowest BCUT2D eigenvalue weighted by molar-refractivity contribution is 0.333. The predicted octanol–water partition coefficient (Wildman–Crippen LogP) is 3.47. The number of hydrogen-bond acceptors (Lipinski definition) is 2. The van der Waals surface area contributed by atoms with E-state index in [1.807, 2.05) is 37.3 Å². The molecule has 0 N–H and O–H groups in total. The summed E-state index contributed by atoms with van der Waals surface area (Å²) >= 11 is 0. The van der Waals surface area contributed by atoms with Crippen LogP contribution in [0.3, 0.4) is 0 Å². The standard InChI is InChI=1S/C13H15O2P/c1-11-8-9-15-16(14,10-12(11)2)13-6-4-3-5-7-13/h3-7,10H,1,8-9H2,2H3. The Hall–Kier alpha value is -1.11. The summed E-state index contributed by atoms with van der Waals surface area (Å²) in [5, 5.41) is 0.754. The minimum atomic E-state index is -2.83. The molecule has 2 nitrogen and oxygen atoms in total. The first-order chi connectivity index (χ1) is 7.62. The molecule has 1 aromatic rings. The minimum absolute atomic E-state index is 0.471. The topological polar surface area (TPSA) is 26.3 Å². The molecule has 0 radical (unpaired) electrons. The summed E-state index contributed by atoms with van der Waals surface area (Å²) in [6.45, 7) is 6.35. The zero-order valence-corrected chi connectivity index (χ0v) is 10.2. The van der Waals surface area contributed by atoms with Gasteiger partial charge in [-0.15, -0.1) is 0 Å². The summed E-state index contributed by atoms with van der Waals surface area (Å²) < 4.78 is 18.2. The van der Waals surface area contributed by atoms with Crippen LogP contribution in [0, 0.1) is 0 Å². The van der Waals surface area contributed by atoms with Crippen LogP contribution in [0.4, 0.5) is 0 Å². The van der Waals surface area contributed by atoms with E-state index in [0.29, 0.717) is 6.61 Å². The highest BCUT2D eigenvalue weighted by Gasteiger charge is 2.25. The maximum Gasteiger partial charge on any atom is 0.254 e. The van der Waals surface area contributed by atoms with E-state index in [2.05, 4.69) is 6.58 Å². The Balaban J connectivity index is 2.46. The monoisotopic (exact) mass is 234 g/mol. The molecule has 0 saturated carbocycles. The van der Waals surface area contributed by atoms with Crippen LogP contribution in [-0.2, 0) is 9.09 Å². The highest BCUT2D eigenvalue weighted by molar-refractivity contribution is 7.70. The van der Waals surface area contributed by atoms with E-state index in [1.54, 1.807) is 5.82 Å². The van der Waals surface area contributed by atoms with Crippen molar-refractivity contribution in [3.05, 3.63) is 53.9 Å². The lowest BCUT2D eigenvalue weighted by Crippen LogP contribution is -2.04. The van der Waals surface area contributed by atoms with Crippen molar-refractivity contribution in [1.82, 2.24) is 0 Å². The third kappa shape index (κ3) is 2.18. The first kappa shape index (κ1) is 11.4. The van der Waals surface area contributed by atoms with Gasteiger partial charge in [0, 0.05) is 11.1 Å². The van der Waals surface area contributed by atoms with Gasteiger partial charge >= 0.3 is 0 Å². The van der Waals surface area contributed by atoms with E-state index in [1.165, 1.54) is 0 Å². The maximum atomic E-state index is 12.7. The Labute approximate surface area is 96.1 Å². The van der Waals surface area contributed by atoms with Gasteiger partial charge in [0.2, 0.25) is 0 Å². The molecular formula is C13H15O2P. The zero-order chi connectivity index (χ0) is 11.6. The molecule has 0 fully saturated rings. The van der Waals surface area contributed by atoms with Gasteiger partial charge in [0.1, 0.15) is 0 Å². The van der Waals surface area contributed by atoms with Crippen molar-refractivity contribution in [3.8, 4) is 0 Å². The molecule has 1 atom stereocenters. The van der Waals surface area contributed by atoms with Crippen LogP contribution in [0.2, 0.25) is 0 Å². The molecule has 2 rings (SSSR count). The van der Waals surface area contributed by atoms with Crippen LogP contribution in [0.5, 0.6) is 0 Å². The average Bonchev–Trinajstić information content (AvgIpc) is 2.41. The number of rotatable bonds is 1. The molecule has 0 spiro atoms. The third-order valence-electron chi connectivity index (χ3n) is 2.72. The Morgan fingerprint density at radius 1 is 1.31 bits per heavy atom. The fourth-order valence-electron chi connectivity index (χ4n) is 1.67. The summed E-state index contributed by atoms with van der Waals surface area (Å²) in [6, 6.07) is 9.35. The normalized spacial score (nSPS) is 26.1. The van der Waals surface area contributed by atoms with Crippen LogP contribution >= 0.6 is 7.37 Å². The number of hydrogen-bond donors (Lipinski definition) is 0. The van der Waals surface area contributed by atoms with E-state index < -0.39 is 7.37 Å². The molecule has 3 heteroatoms. The quantitative estimate of drug-likeness (QED) is 0.695. The Morgan fingerprint density at radius 3 is 2.69 bits per heavy atom. The van der Waals surface area contributed by atoms with Gasteiger partial charge in [-0.1, -0.05) is 24.8 Å². The van der Waals surface area contributed by atoms with Crippen molar-refractivity contribution in [3.63, 3.8) is 0 Å². The number of allylic oxidation sites excluding steroid dienone is 1. The van der Waals surface area contributed by atoms with Crippen molar-refractivity contribution >= 4 is 12.7 Å². The Kier molecular flexibility index (Phi) is 3.13. The highest BCUT2D eigenvalue weighted by atomic mass is 31.2. The van der Waals surface area contributed by atoms with Gasteiger partial charge in [0.25, 0.3) is 7.37 Å². The molecule has 0 aliphatic carbocycles. The molecule has 0 aromatic heterocycles. The van der Waals surface area contributed by atoms with Crippen LogP contribution in [-0.4, -0.2) is 6.61 Å². The van der Waals surface area contributed by atoms with Crippen LogP contribution in [0.25, 0.3) is 0 Å². The van der Waals surface area contributed by atoms with E-state index in [-0.39, 0.29) is 0 Å². The molecule has 0 bridgehead atoms. The van der Waals surface area contributed by atoms with E-state index in [0.717, 1.165) is 22.9 Å². The summed E-state index contributed by atoms with van der Waals surface area (Å²) in [4.78, 5) is 0. The molecule has 16 heavy (non-hydrogen) atoms. The van der Waals surface area contributed by atoms with E-state index >= 15 is 0 Å². The molecule has 1 aliphatic rings. The fourth-order valence-corrected chi connectivity index (χ4v) is 3.69. The van der Waals surface area contributed by atoms with Gasteiger partial charge in [-0.25, -0.2) is 0 Å². The lowest BCUT2D eigenvalue weighted by atomic mass is 10.1. The SMILES string of the molecule is C=C1CCOP(=O)(c2ccccc2)C=C1C. The van der Waals surface area contributed by atoms with Crippen molar-refractivity contribution in [1.29, 1.82) is 0 Å². The Morgan fingerprint density at radius 2 is 2.00 bits per heavy atom. The van der Waals surface area contributed by atoms with Crippen LogP contribution in [0.1, 0.15) is 13.3 Å². The Bertz CT molecular complexity index is 474. The molecule has 1 aliphatic heterocycles.